The van der Waals surface area contributed by atoms with Crippen LogP contribution in [0.15, 0.2) is 48.5 Å². The van der Waals surface area contributed by atoms with Gasteiger partial charge in [0.25, 0.3) is 0 Å². The Balaban J connectivity index is 1.54. The van der Waals surface area contributed by atoms with Gasteiger partial charge in [-0.1, -0.05) is 30.3 Å². The summed E-state index contributed by atoms with van der Waals surface area (Å²) >= 11 is 0. The molecule has 4 N–H and O–H groups in total. The van der Waals surface area contributed by atoms with E-state index in [0.717, 1.165) is 43.6 Å². The van der Waals surface area contributed by atoms with Crippen molar-refractivity contribution in [2.24, 2.45) is 5.73 Å². The van der Waals surface area contributed by atoms with Gasteiger partial charge in [-0.15, -0.1) is 0 Å². The van der Waals surface area contributed by atoms with E-state index in [4.69, 9.17) is 5.73 Å². The van der Waals surface area contributed by atoms with E-state index >= 15 is 0 Å². The average molecular weight is 450 g/mol. The molecule has 2 saturated heterocycles. The van der Waals surface area contributed by atoms with Crippen molar-refractivity contribution in [1.29, 1.82) is 0 Å². The van der Waals surface area contributed by atoms with E-state index in [1.165, 1.54) is 6.42 Å². The smallest absolute Gasteiger partial charge is 0.319 e. The van der Waals surface area contributed by atoms with E-state index < -0.39 is 11.9 Å². The summed E-state index contributed by atoms with van der Waals surface area (Å²) in [5.41, 5.74) is 8.18. The van der Waals surface area contributed by atoms with Crippen molar-refractivity contribution < 1.29 is 14.4 Å². The van der Waals surface area contributed by atoms with Crippen molar-refractivity contribution in [3.05, 3.63) is 59.7 Å². The second-order valence-corrected chi connectivity index (χ2v) is 8.65. The molecular weight excluding hydrogens is 418 g/mol. The van der Waals surface area contributed by atoms with Gasteiger partial charge in [-0.2, -0.15) is 0 Å². The highest BCUT2D eigenvalue weighted by Gasteiger charge is 2.26. The first kappa shape index (κ1) is 22.6. The van der Waals surface area contributed by atoms with Gasteiger partial charge in [-0.25, -0.2) is 4.79 Å². The van der Waals surface area contributed by atoms with Crippen LogP contribution in [0, 0.1) is 0 Å². The van der Waals surface area contributed by atoms with E-state index in [0.29, 0.717) is 30.8 Å². The van der Waals surface area contributed by atoms with E-state index in [2.05, 4.69) is 15.5 Å². The first-order valence-corrected chi connectivity index (χ1v) is 11.6. The summed E-state index contributed by atoms with van der Waals surface area (Å²) in [6, 6.07) is 14.1. The number of hydrogen-bond donors (Lipinski definition) is 3. The van der Waals surface area contributed by atoms with Gasteiger partial charge in [-0.05, 0) is 49.4 Å². The Morgan fingerprint density at radius 1 is 0.970 bits per heavy atom. The van der Waals surface area contributed by atoms with Crippen LogP contribution < -0.4 is 21.3 Å². The Bertz CT molecular complexity index is 1000. The fraction of sp³-hybridized carbons (Fsp3) is 0.400. The largest absolute Gasteiger partial charge is 0.370 e. The number of hydrogen-bond acceptors (Lipinski definition) is 4. The number of carbonyl (C=O) groups is 3. The van der Waals surface area contributed by atoms with Crippen LogP contribution in [-0.4, -0.2) is 48.9 Å². The number of nitrogens with one attached hydrogen (secondary N) is 2. The predicted octanol–water partition coefficient (Wildman–Crippen LogP) is 3.26. The fourth-order valence-electron chi connectivity index (χ4n) is 4.55. The van der Waals surface area contributed by atoms with Crippen LogP contribution >= 0.6 is 0 Å². The molecule has 8 nitrogen and oxygen atoms in total. The van der Waals surface area contributed by atoms with Crippen molar-refractivity contribution in [2.45, 2.75) is 38.1 Å². The number of benzene rings is 2. The highest BCUT2D eigenvalue weighted by molar-refractivity contribution is 5.99. The lowest BCUT2D eigenvalue weighted by Crippen LogP contribution is -2.40. The van der Waals surface area contributed by atoms with Crippen molar-refractivity contribution in [1.82, 2.24) is 10.2 Å². The number of nitrogens with two attached hydrogens (primary N) is 1. The van der Waals surface area contributed by atoms with Crippen molar-refractivity contribution >= 4 is 29.2 Å². The van der Waals surface area contributed by atoms with Gasteiger partial charge in [0.1, 0.15) is 0 Å². The maximum Gasteiger partial charge on any atom is 0.319 e. The zero-order chi connectivity index (χ0) is 23.2. The van der Waals surface area contributed by atoms with Crippen LogP contribution in [0.1, 0.15) is 54.1 Å². The minimum absolute atomic E-state index is 0.111. The Kier molecular flexibility index (Phi) is 7.12. The first-order chi connectivity index (χ1) is 16.0. The average Bonchev–Trinajstić information content (AvgIpc) is 3.24. The topological polar surface area (TPSA) is 108 Å². The Morgan fingerprint density at radius 3 is 2.39 bits per heavy atom. The molecule has 0 aliphatic carbocycles. The molecule has 4 rings (SSSR count). The number of carbonyl (C=O) groups excluding carboxylic acids is 3. The Morgan fingerprint density at radius 2 is 1.73 bits per heavy atom. The van der Waals surface area contributed by atoms with Gasteiger partial charge in [0.2, 0.25) is 11.8 Å². The molecule has 0 aromatic heterocycles. The van der Waals surface area contributed by atoms with Gasteiger partial charge in [0, 0.05) is 38.2 Å². The number of rotatable bonds is 7. The van der Waals surface area contributed by atoms with Gasteiger partial charge >= 0.3 is 6.03 Å². The fourth-order valence-corrected chi connectivity index (χ4v) is 4.55. The van der Waals surface area contributed by atoms with E-state index in [1.54, 1.807) is 17.0 Å². The molecule has 2 heterocycles. The third kappa shape index (κ3) is 5.63. The van der Waals surface area contributed by atoms with Crippen molar-refractivity contribution in [3.63, 3.8) is 0 Å². The number of anilines is 2. The molecule has 0 saturated carbocycles. The monoisotopic (exact) mass is 449 g/mol. The molecule has 2 aliphatic rings. The summed E-state index contributed by atoms with van der Waals surface area (Å²) in [5, 5.41) is 5.97. The lowest BCUT2D eigenvalue weighted by atomic mass is 10.1. The van der Waals surface area contributed by atoms with Crippen LogP contribution in [-0.2, 0) is 4.79 Å². The van der Waals surface area contributed by atoms with Gasteiger partial charge < -0.3 is 26.2 Å². The summed E-state index contributed by atoms with van der Waals surface area (Å²) in [6.07, 6.45) is 4.75. The van der Waals surface area contributed by atoms with Crippen LogP contribution in [0.25, 0.3) is 0 Å². The molecule has 2 fully saturated rings. The molecule has 2 aromatic rings. The molecule has 2 aromatic carbocycles. The predicted molar refractivity (Wildman–Crippen MR) is 128 cm³/mol. The molecule has 1 atom stereocenters. The molecule has 8 heteroatoms. The summed E-state index contributed by atoms with van der Waals surface area (Å²) in [5.74, 6) is -0.432. The van der Waals surface area contributed by atoms with Crippen LogP contribution in [0.3, 0.4) is 0 Å². The zero-order valence-electron chi connectivity index (χ0n) is 18.8. The van der Waals surface area contributed by atoms with Crippen molar-refractivity contribution in [3.8, 4) is 0 Å². The maximum absolute atomic E-state index is 13.1. The molecular formula is C25H31N5O3. The van der Waals surface area contributed by atoms with E-state index in [-0.39, 0.29) is 11.9 Å². The van der Waals surface area contributed by atoms with Crippen molar-refractivity contribution in [2.75, 3.05) is 36.4 Å². The third-order valence-corrected chi connectivity index (χ3v) is 6.31. The minimum atomic E-state index is -0.543. The highest BCUT2D eigenvalue weighted by atomic mass is 16.2. The van der Waals surface area contributed by atoms with Crippen LogP contribution in [0.2, 0.25) is 0 Å². The summed E-state index contributed by atoms with van der Waals surface area (Å²) < 4.78 is 0. The second-order valence-electron chi connectivity index (χ2n) is 8.65. The number of urea groups is 1. The molecule has 1 unspecified atom stereocenters. The molecule has 0 radical (unpaired) electrons. The molecule has 33 heavy (non-hydrogen) atoms. The number of primary amides is 1. The number of amides is 4. The molecule has 2 aliphatic heterocycles. The molecule has 174 valence electrons. The van der Waals surface area contributed by atoms with Crippen LogP contribution in [0.4, 0.5) is 16.2 Å². The standard InChI is InChI=1S/C25H31N5O3/c26-24(32)19-11-12-22(29-13-5-2-6-14-29)20(16-19)27-25(33)28-21(18-8-3-1-4-9-18)17-30-15-7-10-23(30)31/h1,3-4,8-9,11-12,16,21H,2,5-7,10,13-15,17H2,(H2,26,32)(H2,27,28,33). The second kappa shape index (κ2) is 10.4. The van der Waals surface area contributed by atoms with E-state index in [1.807, 2.05) is 36.4 Å². The number of nitrogens with zero attached hydrogens (tertiary/aromatic N) is 2. The van der Waals surface area contributed by atoms with Gasteiger partial charge in [-0.3, -0.25) is 9.59 Å². The molecule has 4 amide bonds. The lowest BCUT2D eigenvalue weighted by Gasteiger charge is -2.31. The summed E-state index contributed by atoms with van der Waals surface area (Å²) in [6.45, 7) is 2.91. The van der Waals surface area contributed by atoms with Gasteiger partial charge in [0.15, 0.2) is 0 Å². The Labute approximate surface area is 194 Å². The summed E-state index contributed by atoms with van der Waals surface area (Å²) in [7, 11) is 0. The number of piperidine rings is 1. The quantitative estimate of drug-likeness (QED) is 0.603. The lowest BCUT2D eigenvalue weighted by molar-refractivity contribution is -0.128. The summed E-state index contributed by atoms with van der Waals surface area (Å²) in [4.78, 5) is 41.1. The highest BCUT2D eigenvalue weighted by Crippen LogP contribution is 2.30. The molecule has 0 spiro atoms. The third-order valence-electron chi connectivity index (χ3n) is 6.31. The minimum Gasteiger partial charge on any atom is -0.370 e. The van der Waals surface area contributed by atoms with Gasteiger partial charge in [0.05, 0.1) is 17.4 Å². The number of likely N-dealkylation sites (tertiary alicyclic amines) is 1. The van der Waals surface area contributed by atoms with Crippen LogP contribution in [0.5, 0.6) is 0 Å². The first-order valence-electron chi connectivity index (χ1n) is 11.6. The zero-order valence-corrected chi connectivity index (χ0v) is 18.8. The SMILES string of the molecule is NC(=O)c1ccc(N2CCCCC2)c(NC(=O)NC(CN2CCCC2=O)c2ccccc2)c1. The molecule has 0 bridgehead atoms. The normalized spacial score (nSPS) is 17.0. The Hall–Kier alpha value is -3.55. The van der Waals surface area contributed by atoms with E-state index in [9.17, 15) is 14.4 Å². The maximum atomic E-state index is 13.1.